The molecule has 4 amide bonds. The molecule has 5 saturated carbocycles. The lowest BCUT2D eigenvalue weighted by Gasteiger charge is -2.61. The molecule has 12 nitrogen and oxygen atoms in total. The normalized spacial score (nSPS) is 26.9. The largest absolute Gasteiger partial charge is 0.508 e. The van der Waals surface area contributed by atoms with E-state index in [4.69, 9.17) is 10.5 Å². The van der Waals surface area contributed by atoms with Gasteiger partial charge in [0.1, 0.15) is 17.8 Å². The van der Waals surface area contributed by atoms with Gasteiger partial charge in [0.15, 0.2) is 0 Å². The van der Waals surface area contributed by atoms with Crippen molar-refractivity contribution < 1.29 is 33.8 Å². The molecule has 6 rings (SSSR count). The minimum atomic E-state index is -0.914. The number of benzene rings is 1. The minimum absolute atomic E-state index is 0. The number of rotatable bonds is 16. The second-order valence-electron chi connectivity index (χ2n) is 15.4. The van der Waals surface area contributed by atoms with Gasteiger partial charge in [-0.15, -0.1) is 12.4 Å². The van der Waals surface area contributed by atoms with Crippen molar-refractivity contribution in [2.45, 2.75) is 114 Å². The van der Waals surface area contributed by atoms with Gasteiger partial charge in [0.2, 0.25) is 23.6 Å². The van der Waals surface area contributed by atoms with Crippen LogP contribution in [0.1, 0.15) is 89.0 Å². The van der Waals surface area contributed by atoms with E-state index in [-0.39, 0.29) is 43.0 Å². The molecule has 0 radical (unpaired) electrons. The topological polar surface area (TPSA) is 189 Å². The van der Waals surface area contributed by atoms with Gasteiger partial charge >= 0.3 is 5.97 Å². The Morgan fingerprint density at radius 2 is 1.61 bits per heavy atom. The summed E-state index contributed by atoms with van der Waals surface area (Å²) in [6, 6.07) is 3.83. The zero-order valence-corrected chi connectivity index (χ0v) is 31.5. The van der Waals surface area contributed by atoms with Crippen molar-refractivity contribution in [1.29, 1.82) is 0 Å². The highest BCUT2D eigenvalue weighted by Gasteiger charge is 2.61. The third-order valence-corrected chi connectivity index (χ3v) is 12.1. The van der Waals surface area contributed by atoms with Crippen molar-refractivity contribution in [3.05, 3.63) is 29.8 Å². The Balaban J connectivity index is 0.00000583. The number of carbonyl (C=O) groups is 5. The van der Waals surface area contributed by atoms with E-state index in [9.17, 15) is 29.1 Å². The van der Waals surface area contributed by atoms with Gasteiger partial charge in [0.25, 0.3) is 0 Å². The van der Waals surface area contributed by atoms with Crippen LogP contribution in [0.2, 0.25) is 0 Å². The zero-order chi connectivity index (χ0) is 35.9. The lowest BCUT2D eigenvalue weighted by Crippen LogP contribution is -2.66. The standard InChI is InChI=1S/C37H55N5O7S.ClH/c1-49-35(48)36-17-25-14-26(18-36)20-37(19-25,22-36)42-34(47)30(16-23-6-4-3-5-7-23)40-31(44)21-39-33(46)29(12-13-50-2)41-32(45)28(38)15-24-8-10-27(43)11-9-24;/h8-11,23,25-26,28-30,43H,3-7,12-22,38H2,1-2H3,(H,39,46)(H,40,44)(H,41,45)(H,42,47);1H/t25?,26?,28-,29+,30-,36?,37?;/m0./s1. The molecule has 1 aromatic carbocycles. The van der Waals surface area contributed by atoms with Crippen LogP contribution in [0.25, 0.3) is 0 Å². The number of nitrogens with two attached hydrogens (primary N) is 1. The number of hydrogen-bond acceptors (Lipinski definition) is 9. The first kappa shape index (κ1) is 40.7. The molecule has 1 aromatic rings. The van der Waals surface area contributed by atoms with E-state index in [0.29, 0.717) is 42.8 Å². The Morgan fingerprint density at radius 3 is 2.24 bits per heavy atom. The van der Waals surface area contributed by atoms with Crippen LogP contribution in [0.15, 0.2) is 24.3 Å². The van der Waals surface area contributed by atoms with Gasteiger partial charge in [0, 0.05) is 5.54 Å². The summed E-state index contributed by atoms with van der Waals surface area (Å²) in [5.74, 6) is -0.151. The lowest BCUT2D eigenvalue weighted by molar-refractivity contribution is -0.173. The molecule has 5 atom stereocenters. The monoisotopic (exact) mass is 749 g/mol. The Labute approximate surface area is 311 Å². The Bertz CT molecular complexity index is 1380. The third-order valence-electron chi connectivity index (χ3n) is 11.4. The van der Waals surface area contributed by atoms with Crippen LogP contribution in [0.3, 0.4) is 0 Å². The number of methoxy groups -OCH3 is 1. The summed E-state index contributed by atoms with van der Waals surface area (Å²) in [4.78, 5) is 66.6. The number of nitrogens with one attached hydrogen (secondary N) is 4. The fourth-order valence-electron chi connectivity index (χ4n) is 9.50. The molecule has 7 N–H and O–H groups in total. The van der Waals surface area contributed by atoms with Gasteiger partial charge in [-0.2, -0.15) is 11.8 Å². The average Bonchev–Trinajstić information content (AvgIpc) is 3.08. The molecule has 0 aromatic heterocycles. The van der Waals surface area contributed by atoms with E-state index in [1.165, 1.54) is 37.4 Å². The molecule has 14 heteroatoms. The summed E-state index contributed by atoms with van der Waals surface area (Å²) in [5, 5.41) is 21.2. The van der Waals surface area contributed by atoms with Crippen LogP contribution in [0.5, 0.6) is 5.75 Å². The van der Waals surface area contributed by atoms with Crippen LogP contribution in [-0.2, 0) is 35.1 Å². The van der Waals surface area contributed by atoms with Crippen molar-refractivity contribution in [2.24, 2.45) is 28.9 Å². The number of aromatic hydroxyl groups is 1. The van der Waals surface area contributed by atoms with Crippen molar-refractivity contribution in [2.75, 3.05) is 25.7 Å². The van der Waals surface area contributed by atoms with Gasteiger partial charge in [0.05, 0.1) is 25.1 Å². The van der Waals surface area contributed by atoms with E-state index in [1.807, 2.05) is 6.26 Å². The number of carbonyl (C=O) groups excluding carboxylic acids is 5. The predicted octanol–water partition coefficient (Wildman–Crippen LogP) is 3.12. The second-order valence-corrected chi connectivity index (χ2v) is 16.4. The third kappa shape index (κ3) is 10.5. The maximum atomic E-state index is 14.1. The number of thioether (sulfide) groups is 1. The summed E-state index contributed by atoms with van der Waals surface area (Å²) >= 11 is 1.53. The molecule has 0 aliphatic heterocycles. The summed E-state index contributed by atoms with van der Waals surface area (Å²) in [6.45, 7) is -0.348. The quantitative estimate of drug-likeness (QED) is 0.138. The van der Waals surface area contributed by atoms with E-state index in [2.05, 4.69) is 21.3 Å². The molecular weight excluding hydrogens is 694 g/mol. The fraction of sp³-hybridized carbons (Fsp3) is 0.703. The Hall–Kier alpha value is -3.03. The van der Waals surface area contributed by atoms with Gasteiger partial charge in [-0.3, -0.25) is 24.0 Å². The minimum Gasteiger partial charge on any atom is -0.508 e. The number of hydrogen-bond donors (Lipinski definition) is 6. The van der Waals surface area contributed by atoms with E-state index in [1.54, 1.807) is 12.1 Å². The van der Waals surface area contributed by atoms with E-state index >= 15 is 0 Å². The highest BCUT2D eigenvalue weighted by molar-refractivity contribution is 7.98. The van der Waals surface area contributed by atoms with Crippen molar-refractivity contribution >= 4 is 53.8 Å². The summed E-state index contributed by atoms with van der Waals surface area (Å²) in [6.07, 6.45) is 13.3. The summed E-state index contributed by atoms with van der Waals surface area (Å²) in [7, 11) is 1.44. The molecule has 0 spiro atoms. The maximum Gasteiger partial charge on any atom is 0.311 e. The molecule has 51 heavy (non-hydrogen) atoms. The van der Waals surface area contributed by atoms with Crippen molar-refractivity contribution in [1.82, 2.24) is 21.3 Å². The Kier molecular flexibility index (Phi) is 14.5. The number of amides is 4. The lowest BCUT2D eigenvalue weighted by atomic mass is 9.47. The van der Waals surface area contributed by atoms with Gasteiger partial charge in [-0.25, -0.2) is 0 Å². The highest BCUT2D eigenvalue weighted by Crippen LogP contribution is 2.62. The summed E-state index contributed by atoms with van der Waals surface area (Å²) in [5.41, 5.74) is 5.86. The Morgan fingerprint density at radius 1 is 0.941 bits per heavy atom. The zero-order valence-electron chi connectivity index (χ0n) is 29.9. The van der Waals surface area contributed by atoms with Crippen LogP contribution in [0, 0.1) is 23.2 Å². The average molecular weight is 750 g/mol. The number of esters is 1. The molecule has 5 aliphatic rings. The van der Waals surface area contributed by atoms with Crippen molar-refractivity contribution in [3.63, 3.8) is 0 Å². The van der Waals surface area contributed by atoms with Crippen LogP contribution in [0.4, 0.5) is 0 Å². The first-order valence-corrected chi connectivity index (χ1v) is 19.6. The summed E-state index contributed by atoms with van der Waals surface area (Å²) < 4.78 is 5.25. The molecular formula is C37H56ClN5O7S. The molecule has 5 fully saturated rings. The van der Waals surface area contributed by atoms with Crippen molar-refractivity contribution in [3.8, 4) is 5.75 Å². The van der Waals surface area contributed by atoms with Gasteiger partial charge in [-0.1, -0.05) is 44.2 Å². The van der Waals surface area contributed by atoms with E-state index < -0.39 is 46.8 Å². The number of ether oxygens (including phenoxy) is 1. The smallest absolute Gasteiger partial charge is 0.311 e. The maximum absolute atomic E-state index is 14.1. The van der Waals surface area contributed by atoms with Crippen LogP contribution < -0.4 is 27.0 Å². The first-order valence-electron chi connectivity index (χ1n) is 18.2. The molecule has 2 unspecified atom stereocenters. The molecule has 5 aliphatic carbocycles. The molecule has 284 valence electrons. The molecule has 0 saturated heterocycles. The first-order chi connectivity index (χ1) is 23.9. The van der Waals surface area contributed by atoms with Crippen LogP contribution >= 0.6 is 24.2 Å². The van der Waals surface area contributed by atoms with E-state index in [0.717, 1.165) is 63.4 Å². The number of phenolic OH excluding ortho intramolecular Hbond substituents is 1. The second kappa shape index (κ2) is 18.1. The number of halogens is 1. The molecule has 0 heterocycles. The SMILES string of the molecule is COC(=O)C12CC3CC(CC(NC(=O)[C@H](CC4CCCCC4)NC(=O)CNC(=O)[C@@H](CCSC)NC(=O)[C@@H](N)Cc4ccc(O)cc4)(C3)C1)C2.Cl. The number of phenols is 1. The molecule has 4 bridgehead atoms. The van der Waals surface area contributed by atoms with Crippen LogP contribution in [-0.4, -0.2) is 84.0 Å². The van der Waals surface area contributed by atoms with Gasteiger partial charge < -0.3 is 36.8 Å². The van der Waals surface area contributed by atoms with Gasteiger partial charge in [-0.05, 0) is 105 Å². The fourth-order valence-corrected chi connectivity index (χ4v) is 9.97. The highest BCUT2D eigenvalue weighted by atomic mass is 35.5. The predicted molar refractivity (Wildman–Crippen MR) is 198 cm³/mol.